The first kappa shape index (κ1) is 30.0. The third-order valence-electron chi connectivity index (χ3n) is 6.52. The van der Waals surface area contributed by atoms with Gasteiger partial charge in [-0.25, -0.2) is 4.98 Å². The maximum atomic E-state index is 12.9. The fraction of sp³-hybridized carbons (Fsp3) is 0.235. The number of hydrogen-bond acceptors (Lipinski definition) is 6. The largest absolute Gasteiger partial charge is 0.490 e. The third-order valence-corrected chi connectivity index (χ3v) is 6.52. The summed E-state index contributed by atoms with van der Waals surface area (Å²) in [6.45, 7) is 4.65. The molecule has 0 spiro atoms. The second kappa shape index (κ2) is 14.6. The maximum absolute atomic E-state index is 12.9. The van der Waals surface area contributed by atoms with E-state index in [0.717, 1.165) is 22.3 Å². The zero-order valence-electron chi connectivity index (χ0n) is 23.8. The first-order valence-corrected chi connectivity index (χ1v) is 14.0. The molecule has 8 heteroatoms. The standard InChI is InChI=1S/C34H34N2O6/c1-3-41-30-17-15-26(21-31(30)42-4-2)29(37)16-18-33(38)36-32-22-27(20-28(35-32)25-8-6-5-7-9-25)24-13-10-23(11-14-24)12-19-34(39)40/h5-11,13-15,17,20-22H,3-4,12,16,18-19H2,1-2H3,(H,39,40)(H,35,36,38). The SMILES string of the molecule is CCOc1ccc(C(=O)CCC(=O)Nc2cc(-c3ccc(CCC(=O)O)cc3)cc(-c3ccccc3)n2)cc1OCC. The minimum Gasteiger partial charge on any atom is -0.490 e. The normalized spacial score (nSPS) is 10.6. The number of carbonyl (C=O) groups excluding carboxylic acids is 2. The molecule has 1 aromatic heterocycles. The fourth-order valence-corrected chi connectivity index (χ4v) is 4.43. The second-order valence-corrected chi connectivity index (χ2v) is 9.58. The van der Waals surface area contributed by atoms with Crippen LogP contribution in [0.15, 0.2) is 84.9 Å². The summed E-state index contributed by atoms with van der Waals surface area (Å²) < 4.78 is 11.2. The van der Waals surface area contributed by atoms with E-state index in [9.17, 15) is 14.4 Å². The Morgan fingerprint density at radius 3 is 2.14 bits per heavy atom. The van der Waals surface area contributed by atoms with Crippen LogP contribution in [0.1, 0.15) is 49.0 Å². The Labute approximate surface area is 245 Å². The number of carboxylic acid groups (broad SMARTS) is 1. The third kappa shape index (κ3) is 8.27. The Morgan fingerprint density at radius 1 is 0.738 bits per heavy atom. The van der Waals surface area contributed by atoms with Gasteiger partial charge in [-0.1, -0.05) is 54.6 Å². The Kier molecular flexibility index (Phi) is 10.4. The number of ether oxygens (including phenoxy) is 2. The van der Waals surface area contributed by atoms with Crippen LogP contribution in [-0.2, 0) is 16.0 Å². The minimum atomic E-state index is -0.836. The van der Waals surface area contributed by atoms with Crippen LogP contribution in [0.5, 0.6) is 11.5 Å². The number of pyridine rings is 1. The molecule has 0 aliphatic rings. The van der Waals surface area contributed by atoms with Gasteiger partial charge in [-0.2, -0.15) is 0 Å². The van der Waals surface area contributed by atoms with Crippen molar-refractivity contribution in [3.05, 3.63) is 96.1 Å². The summed E-state index contributed by atoms with van der Waals surface area (Å²) in [6.07, 6.45) is 0.526. The van der Waals surface area contributed by atoms with Crippen LogP contribution >= 0.6 is 0 Å². The number of aliphatic carboxylic acids is 1. The first-order chi connectivity index (χ1) is 20.4. The van der Waals surface area contributed by atoms with Crippen LogP contribution < -0.4 is 14.8 Å². The maximum Gasteiger partial charge on any atom is 0.303 e. The highest BCUT2D eigenvalue weighted by Gasteiger charge is 2.15. The fourth-order valence-electron chi connectivity index (χ4n) is 4.43. The Balaban J connectivity index is 1.50. The van der Waals surface area contributed by atoms with Crippen LogP contribution in [0.4, 0.5) is 5.82 Å². The number of carboxylic acids is 1. The van der Waals surface area contributed by atoms with Gasteiger partial charge < -0.3 is 19.9 Å². The summed E-state index contributed by atoms with van der Waals surface area (Å²) in [5, 5.41) is 11.8. The van der Waals surface area contributed by atoms with Gasteiger partial charge in [-0.3, -0.25) is 14.4 Å². The highest BCUT2D eigenvalue weighted by Crippen LogP contribution is 2.30. The number of ketones is 1. The van der Waals surface area contributed by atoms with Gasteiger partial charge in [0.25, 0.3) is 0 Å². The number of nitrogens with zero attached hydrogens (tertiary/aromatic N) is 1. The molecule has 0 atom stereocenters. The van der Waals surface area contributed by atoms with Crippen molar-refractivity contribution in [3.63, 3.8) is 0 Å². The van der Waals surface area contributed by atoms with E-state index >= 15 is 0 Å². The van der Waals surface area contributed by atoms with Crippen molar-refractivity contribution in [2.24, 2.45) is 0 Å². The summed E-state index contributed by atoms with van der Waals surface area (Å²) in [4.78, 5) is 41.4. The number of benzene rings is 3. The van der Waals surface area contributed by atoms with Crippen molar-refractivity contribution in [1.29, 1.82) is 0 Å². The zero-order valence-corrected chi connectivity index (χ0v) is 23.8. The summed E-state index contributed by atoms with van der Waals surface area (Å²) in [5.74, 6) is 0.106. The van der Waals surface area contributed by atoms with Crippen LogP contribution in [0, 0.1) is 0 Å². The minimum absolute atomic E-state index is 0.0130. The molecule has 4 rings (SSSR count). The van der Waals surface area contributed by atoms with Crippen LogP contribution in [-0.4, -0.2) is 41.0 Å². The molecule has 0 fully saturated rings. The number of Topliss-reactive ketones (excluding diaryl/α,β-unsaturated/α-hetero) is 1. The topological polar surface area (TPSA) is 115 Å². The van der Waals surface area contributed by atoms with Crippen molar-refractivity contribution < 1.29 is 29.0 Å². The molecule has 0 saturated carbocycles. The number of rotatable bonds is 14. The molecule has 0 unspecified atom stereocenters. The van der Waals surface area contributed by atoms with Crippen LogP contribution in [0.25, 0.3) is 22.4 Å². The quantitative estimate of drug-likeness (QED) is 0.161. The highest BCUT2D eigenvalue weighted by molar-refractivity contribution is 6.00. The molecule has 2 N–H and O–H groups in total. The first-order valence-electron chi connectivity index (χ1n) is 14.0. The number of nitrogens with one attached hydrogen (secondary N) is 1. The number of aryl methyl sites for hydroxylation is 1. The second-order valence-electron chi connectivity index (χ2n) is 9.58. The van der Waals surface area contributed by atoms with Crippen molar-refractivity contribution in [1.82, 2.24) is 4.98 Å². The van der Waals surface area contributed by atoms with Crippen molar-refractivity contribution in [3.8, 4) is 33.9 Å². The van der Waals surface area contributed by atoms with Crippen LogP contribution in [0.3, 0.4) is 0 Å². The van der Waals surface area contributed by atoms with Gasteiger partial charge in [-0.05, 0) is 67.3 Å². The van der Waals surface area contributed by atoms with E-state index in [0.29, 0.717) is 48.2 Å². The molecule has 8 nitrogen and oxygen atoms in total. The number of hydrogen-bond donors (Lipinski definition) is 2. The van der Waals surface area contributed by atoms with Crippen molar-refractivity contribution in [2.75, 3.05) is 18.5 Å². The number of amides is 1. The molecular weight excluding hydrogens is 532 g/mol. The Hall–Kier alpha value is -4.98. The summed E-state index contributed by atoms with van der Waals surface area (Å²) in [5.41, 5.74) is 4.71. The highest BCUT2D eigenvalue weighted by atomic mass is 16.5. The van der Waals surface area contributed by atoms with E-state index in [2.05, 4.69) is 10.3 Å². The number of anilines is 1. The van der Waals surface area contributed by atoms with Gasteiger partial charge in [0.1, 0.15) is 5.82 Å². The molecule has 0 saturated heterocycles. The van der Waals surface area contributed by atoms with E-state index in [1.54, 1.807) is 24.3 Å². The zero-order chi connectivity index (χ0) is 29.9. The Morgan fingerprint density at radius 2 is 1.45 bits per heavy atom. The average molecular weight is 567 g/mol. The molecule has 0 aliphatic heterocycles. The van der Waals surface area contributed by atoms with E-state index < -0.39 is 5.97 Å². The molecule has 4 aromatic rings. The van der Waals surface area contributed by atoms with Gasteiger partial charge in [-0.15, -0.1) is 0 Å². The molecule has 0 bridgehead atoms. The lowest BCUT2D eigenvalue weighted by atomic mass is 10.0. The lowest BCUT2D eigenvalue weighted by Crippen LogP contribution is -2.15. The molecule has 0 radical (unpaired) electrons. The smallest absolute Gasteiger partial charge is 0.303 e. The molecule has 216 valence electrons. The lowest BCUT2D eigenvalue weighted by Gasteiger charge is -2.12. The van der Waals surface area contributed by atoms with E-state index in [1.807, 2.05) is 74.5 Å². The lowest BCUT2D eigenvalue weighted by molar-refractivity contribution is -0.137. The Bertz CT molecular complexity index is 1530. The predicted octanol–water partition coefficient (Wildman–Crippen LogP) is 6.83. The summed E-state index contributed by atoms with van der Waals surface area (Å²) in [6, 6.07) is 26.1. The summed E-state index contributed by atoms with van der Waals surface area (Å²) in [7, 11) is 0. The molecule has 1 amide bonds. The van der Waals surface area contributed by atoms with Gasteiger partial charge in [0.15, 0.2) is 17.3 Å². The molecule has 3 aromatic carbocycles. The number of aromatic nitrogens is 1. The van der Waals surface area contributed by atoms with Crippen molar-refractivity contribution >= 4 is 23.5 Å². The van der Waals surface area contributed by atoms with Gasteiger partial charge in [0.05, 0.1) is 18.9 Å². The van der Waals surface area contributed by atoms with E-state index in [1.165, 1.54) is 0 Å². The van der Waals surface area contributed by atoms with E-state index in [4.69, 9.17) is 14.6 Å². The van der Waals surface area contributed by atoms with Crippen molar-refractivity contribution in [2.45, 2.75) is 39.5 Å². The van der Waals surface area contributed by atoms with Gasteiger partial charge >= 0.3 is 5.97 Å². The van der Waals surface area contributed by atoms with E-state index in [-0.39, 0.29) is 31.0 Å². The average Bonchev–Trinajstić information content (AvgIpc) is 3.00. The van der Waals surface area contributed by atoms with Gasteiger partial charge in [0.2, 0.25) is 5.91 Å². The number of carbonyl (C=O) groups is 3. The molecular formula is C34H34N2O6. The summed E-state index contributed by atoms with van der Waals surface area (Å²) >= 11 is 0. The predicted molar refractivity (Wildman–Crippen MR) is 162 cm³/mol. The van der Waals surface area contributed by atoms with Crippen LogP contribution in [0.2, 0.25) is 0 Å². The van der Waals surface area contributed by atoms with Gasteiger partial charge in [0, 0.05) is 30.4 Å². The molecule has 0 aliphatic carbocycles. The molecule has 42 heavy (non-hydrogen) atoms. The monoisotopic (exact) mass is 566 g/mol. The molecule has 1 heterocycles.